The van der Waals surface area contributed by atoms with Gasteiger partial charge in [-0.2, -0.15) is 5.10 Å². The number of benzene rings is 3. The molecule has 1 atom stereocenters. The SMILES string of the molecule is Cc1ccc(NC(=O)N2Cc3c(C)nn(-c4ccccc4)c3-n3cccc3[C@H]2c2ccc(Cl)cc2)cc1C. The maximum atomic E-state index is 14.0. The quantitative estimate of drug-likeness (QED) is 0.269. The smallest absolute Gasteiger partial charge is 0.308 e. The number of halogens is 1. The minimum absolute atomic E-state index is 0.180. The number of amides is 2. The van der Waals surface area contributed by atoms with Gasteiger partial charge in [-0.05, 0) is 86.0 Å². The first-order chi connectivity index (χ1) is 18.4. The molecule has 0 radical (unpaired) electrons. The number of urea groups is 1. The Morgan fingerprint density at radius 3 is 2.42 bits per heavy atom. The molecule has 0 unspecified atom stereocenters. The second-order valence-corrected chi connectivity index (χ2v) is 10.2. The van der Waals surface area contributed by atoms with Crippen molar-refractivity contribution in [3.63, 3.8) is 0 Å². The predicted octanol–water partition coefficient (Wildman–Crippen LogP) is 7.38. The number of anilines is 1. The van der Waals surface area contributed by atoms with E-state index in [0.29, 0.717) is 11.6 Å². The number of aryl methyl sites for hydroxylation is 3. The maximum absolute atomic E-state index is 14.0. The molecular weight excluding hydrogens is 494 g/mol. The number of hydrogen-bond donors (Lipinski definition) is 1. The van der Waals surface area contributed by atoms with Crippen LogP contribution in [-0.2, 0) is 6.54 Å². The first kappa shape index (κ1) is 24.1. The Bertz CT molecular complexity index is 1640. The molecule has 0 fully saturated rings. The molecule has 3 aromatic carbocycles. The molecule has 38 heavy (non-hydrogen) atoms. The van der Waals surface area contributed by atoms with Crippen molar-refractivity contribution in [1.82, 2.24) is 19.2 Å². The fourth-order valence-corrected chi connectivity index (χ4v) is 5.29. The van der Waals surface area contributed by atoms with Gasteiger partial charge in [0.15, 0.2) is 0 Å². The molecule has 2 aromatic heterocycles. The lowest BCUT2D eigenvalue weighted by Crippen LogP contribution is -2.38. The van der Waals surface area contributed by atoms with E-state index in [4.69, 9.17) is 16.7 Å². The number of carbonyl (C=O) groups is 1. The second kappa shape index (κ2) is 9.54. The standard InChI is InChI=1S/C31H28ClN5O/c1-20-11-16-25(18-21(20)2)33-31(38)36-19-27-22(3)34-37(26-8-5-4-6-9-26)30(27)35-17-7-10-28(35)29(36)23-12-14-24(32)15-13-23/h4-18,29H,19H2,1-3H3,(H,33,38)/t29-/m1/s1. The van der Waals surface area contributed by atoms with Crippen molar-refractivity contribution >= 4 is 23.3 Å². The topological polar surface area (TPSA) is 55.1 Å². The Kier molecular flexibility index (Phi) is 6.04. The molecule has 0 aliphatic carbocycles. The van der Waals surface area contributed by atoms with E-state index in [0.717, 1.165) is 45.3 Å². The lowest BCUT2D eigenvalue weighted by atomic mass is 10.0. The summed E-state index contributed by atoms with van der Waals surface area (Å²) in [6.07, 6.45) is 2.04. The lowest BCUT2D eigenvalue weighted by Gasteiger charge is -2.31. The molecule has 3 heterocycles. The summed E-state index contributed by atoms with van der Waals surface area (Å²) in [6, 6.07) is 27.4. The average Bonchev–Trinajstić information content (AvgIpc) is 3.48. The Balaban J connectivity index is 1.52. The largest absolute Gasteiger partial charge is 0.322 e. The van der Waals surface area contributed by atoms with Gasteiger partial charge in [-0.15, -0.1) is 0 Å². The van der Waals surface area contributed by atoms with Gasteiger partial charge in [0.1, 0.15) is 5.82 Å². The molecule has 6 nitrogen and oxygen atoms in total. The van der Waals surface area contributed by atoms with E-state index in [2.05, 4.69) is 22.9 Å². The Morgan fingerprint density at radius 2 is 1.68 bits per heavy atom. The zero-order valence-corrected chi connectivity index (χ0v) is 22.3. The number of fused-ring (bicyclic) bond motifs is 3. The van der Waals surface area contributed by atoms with Crippen LogP contribution in [-0.4, -0.2) is 25.3 Å². The van der Waals surface area contributed by atoms with Gasteiger partial charge in [0, 0.05) is 22.5 Å². The molecule has 1 aliphatic heterocycles. The van der Waals surface area contributed by atoms with Gasteiger partial charge in [-0.1, -0.05) is 48.0 Å². The molecule has 0 bridgehead atoms. The molecular formula is C31H28ClN5O. The molecule has 0 saturated heterocycles. The van der Waals surface area contributed by atoms with Gasteiger partial charge in [0.05, 0.1) is 29.7 Å². The van der Waals surface area contributed by atoms with Gasteiger partial charge in [-0.25, -0.2) is 9.48 Å². The zero-order valence-electron chi connectivity index (χ0n) is 21.5. The van der Waals surface area contributed by atoms with Crippen molar-refractivity contribution < 1.29 is 4.79 Å². The van der Waals surface area contributed by atoms with Crippen LogP contribution in [0, 0.1) is 20.8 Å². The van der Waals surface area contributed by atoms with E-state index in [-0.39, 0.29) is 12.1 Å². The van der Waals surface area contributed by atoms with E-state index >= 15 is 0 Å². The minimum Gasteiger partial charge on any atom is -0.308 e. The summed E-state index contributed by atoms with van der Waals surface area (Å²) in [5.74, 6) is 0.939. The van der Waals surface area contributed by atoms with Gasteiger partial charge in [0.25, 0.3) is 0 Å². The maximum Gasteiger partial charge on any atom is 0.322 e. The van der Waals surface area contributed by atoms with Crippen LogP contribution < -0.4 is 5.32 Å². The van der Waals surface area contributed by atoms with E-state index in [1.54, 1.807) is 0 Å². The third-order valence-corrected chi connectivity index (χ3v) is 7.54. The van der Waals surface area contributed by atoms with Crippen molar-refractivity contribution in [3.05, 3.63) is 130 Å². The normalized spacial score (nSPS) is 14.5. The van der Waals surface area contributed by atoms with Crippen molar-refractivity contribution in [2.75, 3.05) is 5.32 Å². The first-order valence-corrected chi connectivity index (χ1v) is 13.0. The zero-order chi connectivity index (χ0) is 26.4. The van der Waals surface area contributed by atoms with Crippen LogP contribution in [0.15, 0.2) is 91.1 Å². The highest BCUT2D eigenvalue weighted by Gasteiger charge is 2.36. The van der Waals surface area contributed by atoms with Crippen LogP contribution in [0.25, 0.3) is 11.5 Å². The molecule has 0 spiro atoms. The summed E-state index contributed by atoms with van der Waals surface area (Å²) < 4.78 is 4.13. The molecule has 0 saturated carbocycles. The number of nitrogens with one attached hydrogen (secondary N) is 1. The Hall–Kier alpha value is -4.29. The van der Waals surface area contributed by atoms with Crippen molar-refractivity contribution in [2.45, 2.75) is 33.4 Å². The highest BCUT2D eigenvalue weighted by Crippen LogP contribution is 2.39. The fraction of sp³-hybridized carbons (Fsp3) is 0.161. The molecule has 1 N–H and O–H groups in total. The molecule has 6 rings (SSSR count). The predicted molar refractivity (Wildman–Crippen MR) is 151 cm³/mol. The van der Waals surface area contributed by atoms with E-state index in [1.165, 1.54) is 5.56 Å². The number of para-hydroxylation sites is 1. The van der Waals surface area contributed by atoms with Crippen LogP contribution in [0.3, 0.4) is 0 Å². The number of aromatic nitrogens is 3. The van der Waals surface area contributed by atoms with E-state index < -0.39 is 0 Å². The lowest BCUT2D eigenvalue weighted by molar-refractivity contribution is 0.194. The number of hydrogen-bond acceptors (Lipinski definition) is 2. The minimum atomic E-state index is -0.343. The van der Waals surface area contributed by atoms with Gasteiger partial charge in [-0.3, -0.25) is 0 Å². The summed E-state index contributed by atoms with van der Waals surface area (Å²) in [4.78, 5) is 15.9. The van der Waals surface area contributed by atoms with Crippen molar-refractivity contribution in [1.29, 1.82) is 0 Å². The molecule has 7 heteroatoms. The summed E-state index contributed by atoms with van der Waals surface area (Å²) in [7, 11) is 0. The van der Waals surface area contributed by atoms with E-state index in [1.807, 2.05) is 108 Å². The summed E-state index contributed by atoms with van der Waals surface area (Å²) in [5.41, 5.74) is 7.87. The fourth-order valence-electron chi connectivity index (χ4n) is 5.16. The highest BCUT2D eigenvalue weighted by molar-refractivity contribution is 6.30. The number of nitrogens with zero attached hydrogens (tertiary/aromatic N) is 4. The third-order valence-electron chi connectivity index (χ3n) is 7.29. The number of carbonyl (C=O) groups excluding carboxylic acids is 1. The van der Waals surface area contributed by atoms with E-state index in [9.17, 15) is 4.79 Å². The molecule has 5 aromatic rings. The Morgan fingerprint density at radius 1 is 0.921 bits per heavy atom. The molecule has 1 aliphatic rings. The van der Waals surface area contributed by atoms with Crippen LogP contribution in [0.1, 0.15) is 39.7 Å². The summed E-state index contributed by atoms with van der Waals surface area (Å²) in [6.45, 7) is 6.51. The molecule has 190 valence electrons. The summed E-state index contributed by atoms with van der Waals surface area (Å²) >= 11 is 6.25. The van der Waals surface area contributed by atoms with Crippen molar-refractivity contribution in [2.24, 2.45) is 0 Å². The summed E-state index contributed by atoms with van der Waals surface area (Å²) in [5, 5.41) is 8.72. The highest BCUT2D eigenvalue weighted by atomic mass is 35.5. The van der Waals surface area contributed by atoms with Crippen LogP contribution in [0.2, 0.25) is 5.02 Å². The first-order valence-electron chi connectivity index (χ1n) is 12.6. The van der Waals surface area contributed by atoms with Gasteiger partial charge >= 0.3 is 6.03 Å². The van der Waals surface area contributed by atoms with Crippen molar-refractivity contribution in [3.8, 4) is 11.5 Å². The van der Waals surface area contributed by atoms with Crippen LogP contribution in [0.5, 0.6) is 0 Å². The average molecular weight is 522 g/mol. The molecule has 2 amide bonds. The van der Waals surface area contributed by atoms with Crippen LogP contribution >= 0.6 is 11.6 Å². The van der Waals surface area contributed by atoms with Gasteiger partial charge < -0.3 is 14.8 Å². The second-order valence-electron chi connectivity index (χ2n) is 9.75. The van der Waals surface area contributed by atoms with Gasteiger partial charge in [0.2, 0.25) is 0 Å². The monoisotopic (exact) mass is 521 g/mol. The third kappa shape index (κ3) is 4.17. The van der Waals surface area contributed by atoms with Crippen LogP contribution in [0.4, 0.5) is 10.5 Å². The Labute approximate surface area is 227 Å². The number of rotatable bonds is 3.